The van der Waals surface area contributed by atoms with Crippen LogP contribution in [0.4, 0.5) is 34.1 Å². The Balaban J connectivity index is 1.02. The zero-order chi connectivity index (χ0) is 52.5. The van der Waals surface area contributed by atoms with Crippen LogP contribution in [0.3, 0.4) is 0 Å². The third kappa shape index (κ3) is 6.64. The molecule has 77 heavy (non-hydrogen) atoms. The molecule has 3 heterocycles. The zero-order valence-electron chi connectivity index (χ0n) is 45.4. The van der Waals surface area contributed by atoms with Crippen molar-refractivity contribution in [3.05, 3.63) is 291 Å². The minimum atomic E-state index is -0.699. The van der Waals surface area contributed by atoms with Gasteiger partial charge in [0.1, 0.15) is 11.5 Å². The van der Waals surface area contributed by atoms with Gasteiger partial charge in [0.2, 0.25) is 0 Å². The van der Waals surface area contributed by atoms with E-state index in [0.717, 1.165) is 34.2 Å². The Morgan fingerprint density at radius 3 is 1.30 bits per heavy atom. The first-order valence-corrected chi connectivity index (χ1v) is 27.9. The molecular formula is C73H63BN2O. The molecule has 10 aromatic rings. The number of nitrogens with zero attached hydrogens (tertiary/aromatic N) is 2. The maximum Gasteiger partial charge on any atom is 0.251 e. The molecule has 0 aromatic heterocycles. The number of fused-ring (bicyclic) bond motifs is 16. The van der Waals surface area contributed by atoms with Gasteiger partial charge in [0, 0.05) is 17.4 Å². The molecule has 0 saturated carbocycles. The van der Waals surface area contributed by atoms with Gasteiger partial charge in [0.05, 0.1) is 33.6 Å². The summed E-state index contributed by atoms with van der Waals surface area (Å²) in [6, 6.07) is 83.2. The quantitative estimate of drug-likeness (QED) is 0.154. The van der Waals surface area contributed by atoms with Crippen LogP contribution in [0.25, 0.3) is 0 Å². The van der Waals surface area contributed by atoms with Crippen molar-refractivity contribution in [1.29, 1.82) is 0 Å². The van der Waals surface area contributed by atoms with Crippen LogP contribution in [0.15, 0.2) is 218 Å². The predicted molar refractivity (Wildman–Crippen MR) is 322 cm³/mol. The number of anilines is 6. The van der Waals surface area contributed by atoms with Crippen molar-refractivity contribution >= 4 is 57.2 Å². The summed E-state index contributed by atoms with van der Waals surface area (Å²) in [5.74, 6) is 2.94. The van der Waals surface area contributed by atoms with E-state index in [1.165, 1.54) is 100 Å². The minimum absolute atomic E-state index is 0.00638. The second-order valence-corrected chi connectivity index (χ2v) is 23.0. The minimum Gasteiger partial charge on any atom is -0.458 e. The van der Waals surface area contributed by atoms with Crippen LogP contribution < -0.4 is 30.9 Å². The summed E-state index contributed by atoms with van der Waals surface area (Å²) in [4.78, 5) is 5.00. The molecule has 0 bridgehead atoms. The summed E-state index contributed by atoms with van der Waals surface area (Å²) in [6.07, 6.45) is 0. The fourth-order valence-corrected chi connectivity index (χ4v) is 14.4. The Hall–Kier alpha value is -8.34. The van der Waals surface area contributed by atoms with E-state index in [9.17, 15) is 0 Å². The number of hydrogen-bond acceptors (Lipinski definition) is 3. The van der Waals surface area contributed by atoms with Gasteiger partial charge in [-0.15, -0.1) is 0 Å². The van der Waals surface area contributed by atoms with Crippen molar-refractivity contribution in [3.8, 4) is 11.5 Å². The van der Waals surface area contributed by atoms with Gasteiger partial charge in [-0.05, 0) is 152 Å². The van der Waals surface area contributed by atoms with Crippen LogP contribution in [0.1, 0.15) is 132 Å². The van der Waals surface area contributed by atoms with Crippen LogP contribution >= 0.6 is 0 Å². The largest absolute Gasteiger partial charge is 0.458 e. The second kappa shape index (κ2) is 17.6. The Morgan fingerprint density at radius 1 is 0.351 bits per heavy atom. The number of ether oxygens (including phenoxy) is 1. The molecule has 2 spiro atoms. The molecule has 10 aromatic carbocycles. The molecular weight excluding hydrogens is 932 g/mol. The maximum atomic E-state index is 7.17. The van der Waals surface area contributed by atoms with Gasteiger partial charge in [-0.25, -0.2) is 0 Å². The van der Waals surface area contributed by atoms with Gasteiger partial charge >= 0.3 is 0 Å². The molecule has 0 fully saturated rings. The fourth-order valence-electron chi connectivity index (χ4n) is 14.4. The molecule has 0 atom stereocenters. The van der Waals surface area contributed by atoms with Crippen molar-refractivity contribution in [3.63, 3.8) is 0 Å². The van der Waals surface area contributed by atoms with E-state index in [1.54, 1.807) is 0 Å². The van der Waals surface area contributed by atoms with Crippen LogP contribution in [-0.2, 0) is 10.8 Å². The summed E-state index contributed by atoms with van der Waals surface area (Å²) in [7, 11) is 0. The predicted octanol–water partition coefficient (Wildman–Crippen LogP) is 16.9. The van der Waals surface area contributed by atoms with Crippen LogP contribution in [0, 0.1) is 13.8 Å². The van der Waals surface area contributed by atoms with E-state index in [0.29, 0.717) is 17.8 Å². The SMILES string of the molecule is Cc1ccc2c(c1)C1(c3cc(C)ccc3N2c2ccc3c(c2)Oc2ccccc2B3c2c(C(C)C)cc(C(C)C)cc2C(C)C)c2ccccc2C2(c3ccccc3N(c3ccccc3)c3ccccc32)c2ccccc21. The lowest BCUT2D eigenvalue weighted by Crippen LogP contribution is -2.57. The smallest absolute Gasteiger partial charge is 0.251 e. The monoisotopic (exact) mass is 995 g/mol. The van der Waals surface area contributed by atoms with Crippen LogP contribution in [0.5, 0.6) is 11.5 Å². The molecule has 14 rings (SSSR count). The first-order chi connectivity index (χ1) is 37.5. The van der Waals surface area contributed by atoms with Crippen LogP contribution in [-0.4, -0.2) is 6.71 Å². The molecule has 0 radical (unpaired) electrons. The van der Waals surface area contributed by atoms with E-state index in [2.05, 4.69) is 284 Å². The van der Waals surface area contributed by atoms with E-state index >= 15 is 0 Å². The van der Waals surface area contributed by atoms with E-state index < -0.39 is 10.8 Å². The van der Waals surface area contributed by atoms with Gasteiger partial charge in [-0.3, -0.25) is 0 Å². The average molecular weight is 995 g/mol. The van der Waals surface area contributed by atoms with Crippen molar-refractivity contribution in [2.45, 2.75) is 84.0 Å². The standard InChI is InChI=1S/C73H63BN2O/c1-45(2)50-42-53(46(3)4)71(54(43-50)47(5)6)74-63-30-18-21-33-69(63)77-70-44-52(36-37-64(70)74)76-67-38-34-48(7)40-61(67)73(62-41-49(8)35-39-68(62)76)57-26-14-12-24-55(57)72(56-25-13-15-27-58(56)73)59-28-16-19-31-65(59)75(51-22-10-9-11-23-51)66-32-20-17-29-60(66)72/h9-47H,1-8H3. The third-order valence-corrected chi connectivity index (χ3v) is 17.7. The normalized spacial score (nSPS) is 14.8. The van der Waals surface area contributed by atoms with E-state index in [1.807, 2.05) is 0 Å². The molecule has 1 aliphatic carbocycles. The highest BCUT2D eigenvalue weighted by atomic mass is 16.5. The highest BCUT2D eigenvalue weighted by molar-refractivity contribution is 6.97. The van der Waals surface area contributed by atoms with E-state index in [-0.39, 0.29) is 6.71 Å². The van der Waals surface area contributed by atoms with Gasteiger partial charge in [-0.1, -0.05) is 222 Å². The second-order valence-electron chi connectivity index (χ2n) is 23.0. The zero-order valence-corrected chi connectivity index (χ0v) is 45.4. The molecule has 4 heteroatoms. The number of para-hydroxylation sites is 4. The molecule has 3 nitrogen and oxygen atoms in total. The first kappa shape index (κ1) is 47.1. The summed E-state index contributed by atoms with van der Waals surface area (Å²) in [6.45, 7) is 18.6. The molecule has 374 valence electrons. The van der Waals surface area contributed by atoms with E-state index in [4.69, 9.17) is 4.74 Å². The molecule has 0 saturated heterocycles. The number of benzene rings is 10. The lowest BCUT2D eigenvalue weighted by Gasteiger charge is -2.56. The Labute approximate surface area is 455 Å². The molecule has 0 amide bonds. The van der Waals surface area contributed by atoms with Crippen molar-refractivity contribution < 1.29 is 4.74 Å². The van der Waals surface area contributed by atoms with Crippen molar-refractivity contribution in [2.24, 2.45) is 0 Å². The lowest BCUT2D eigenvalue weighted by atomic mass is 9.34. The number of hydrogen-bond donors (Lipinski definition) is 0. The summed E-state index contributed by atoms with van der Waals surface area (Å²) in [5, 5.41) is 0. The van der Waals surface area contributed by atoms with Crippen molar-refractivity contribution in [2.75, 3.05) is 9.80 Å². The number of rotatable bonds is 6. The molecule has 3 aliphatic heterocycles. The Kier molecular flexibility index (Phi) is 10.8. The molecule has 0 N–H and O–H groups in total. The summed E-state index contributed by atoms with van der Waals surface area (Å²) < 4.78 is 7.17. The van der Waals surface area contributed by atoms with Gasteiger partial charge < -0.3 is 14.5 Å². The third-order valence-electron chi connectivity index (χ3n) is 17.7. The van der Waals surface area contributed by atoms with Gasteiger partial charge in [-0.2, -0.15) is 0 Å². The van der Waals surface area contributed by atoms with Gasteiger partial charge in [0.25, 0.3) is 6.71 Å². The van der Waals surface area contributed by atoms with Crippen molar-refractivity contribution in [1.82, 2.24) is 0 Å². The fraction of sp³-hybridized carbons (Fsp3) is 0.178. The Morgan fingerprint density at radius 2 is 0.779 bits per heavy atom. The molecule has 4 aliphatic rings. The summed E-state index contributed by atoms with van der Waals surface area (Å²) in [5.41, 5.74) is 26.4. The van der Waals surface area contributed by atoms with Crippen LogP contribution in [0.2, 0.25) is 0 Å². The van der Waals surface area contributed by atoms with Gasteiger partial charge in [0.15, 0.2) is 0 Å². The Bertz CT molecular complexity index is 3840. The average Bonchev–Trinajstić information content (AvgIpc) is 3.64. The number of aryl methyl sites for hydroxylation is 2. The topological polar surface area (TPSA) is 15.7 Å². The summed E-state index contributed by atoms with van der Waals surface area (Å²) >= 11 is 0. The maximum absolute atomic E-state index is 7.17. The highest BCUT2D eigenvalue weighted by Crippen LogP contribution is 2.68. The lowest BCUT2D eigenvalue weighted by molar-refractivity contribution is 0.487. The molecule has 0 unspecified atom stereocenters. The highest BCUT2D eigenvalue weighted by Gasteiger charge is 2.59. The first-order valence-electron chi connectivity index (χ1n) is 27.9.